The molecular weight excluding hydrogens is 513 g/mol. The minimum absolute atomic E-state index is 0.0100. The van der Waals surface area contributed by atoms with Gasteiger partial charge in [0.25, 0.3) is 0 Å². The molecule has 0 fully saturated rings. The Morgan fingerprint density at radius 3 is 2.17 bits per heavy atom. The summed E-state index contributed by atoms with van der Waals surface area (Å²) in [7, 11) is 1.20. The molecule has 40 heavy (non-hydrogen) atoms. The lowest BCUT2D eigenvalue weighted by Crippen LogP contribution is -2.26. The lowest BCUT2D eigenvalue weighted by atomic mass is 9.86. The van der Waals surface area contributed by atoms with E-state index in [2.05, 4.69) is 4.74 Å². The molecule has 2 rings (SSSR count). The maximum atomic E-state index is 13.9. The molecule has 2 aromatic rings. The van der Waals surface area contributed by atoms with Crippen LogP contribution in [0, 0.1) is 11.2 Å². The summed E-state index contributed by atoms with van der Waals surface area (Å²) in [6.45, 7) is 13.6. The number of hydrogen-bond acceptors (Lipinski definition) is 7. The highest BCUT2D eigenvalue weighted by atomic mass is 19.1. The maximum Gasteiger partial charge on any atom is 0.313 e. The van der Waals surface area contributed by atoms with Crippen molar-refractivity contribution in [2.24, 2.45) is 5.41 Å². The van der Waals surface area contributed by atoms with Gasteiger partial charge in [-0.1, -0.05) is 58.9 Å². The number of hydrogen-bond donors (Lipinski definition) is 1. The van der Waals surface area contributed by atoms with Crippen molar-refractivity contribution < 1.29 is 33.4 Å². The van der Waals surface area contributed by atoms with Crippen molar-refractivity contribution in [3.63, 3.8) is 0 Å². The van der Waals surface area contributed by atoms with Crippen LogP contribution in [-0.2, 0) is 30.5 Å². The summed E-state index contributed by atoms with van der Waals surface area (Å²) in [6, 6.07) is 6.05. The Kier molecular flexibility index (Phi) is 11.7. The van der Waals surface area contributed by atoms with Gasteiger partial charge in [-0.3, -0.25) is 19.4 Å². The Morgan fingerprint density at radius 2 is 1.65 bits per heavy atom. The minimum atomic E-state index is -1.16. The molecule has 0 saturated heterocycles. The summed E-state index contributed by atoms with van der Waals surface area (Å²) in [6.07, 6.45) is 1.95. The smallest absolute Gasteiger partial charge is 0.313 e. The first-order valence-corrected chi connectivity index (χ1v) is 13.7. The van der Waals surface area contributed by atoms with Crippen LogP contribution in [0.3, 0.4) is 0 Å². The number of pyridine rings is 1. The van der Waals surface area contributed by atoms with Crippen LogP contribution in [0.4, 0.5) is 4.39 Å². The Morgan fingerprint density at radius 1 is 1.05 bits per heavy atom. The number of benzene rings is 1. The number of esters is 2. The summed E-state index contributed by atoms with van der Waals surface area (Å²) in [5, 5.41) is 10.6. The first-order valence-electron chi connectivity index (χ1n) is 13.7. The van der Waals surface area contributed by atoms with E-state index in [0.29, 0.717) is 28.7 Å². The topological polar surface area (TPSA) is 103 Å². The predicted molar refractivity (Wildman–Crippen MR) is 153 cm³/mol. The zero-order valence-corrected chi connectivity index (χ0v) is 24.8. The molecule has 1 unspecified atom stereocenters. The SMILES string of the molecule is CCC(C)(C)C(=O)OCc1c(C(C)C)nc(C(C)C)c(/C=C/C(O)CC(=O)CC(=O)OC)c1-c1ccc(F)cc1. The van der Waals surface area contributed by atoms with E-state index in [9.17, 15) is 23.9 Å². The van der Waals surface area contributed by atoms with E-state index < -0.39 is 29.7 Å². The first-order chi connectivity index (χ1) is 18.7. The molecule has 1 N–H and O–H groups in total. The van der Waals surface area contributed by atoms with Crippen molar-refractivity contribution in [2.75, 3.05) is 7.11 Å². The Balaban J connectivity index is 2.72. The van der Waals surface area contributed by atoms with Gasteiger partial charge < -0.3 is 14.6 Å². The van der Waals surface area contributed by atoms with E-state index in [1.807, 2.05) is 48.5 Å². The third-order valence-electron chi connectivity index (χ3n) is 6.90. The average molecular weight is 556 g/mol. The minimum Gasteiger partial charge on any atom is -0.469 e. The summed E-state index contributed by atoms with van der Waals surface area (Å²) in [5.41, 5.74) is 3.63. The standard InChI is InChI=1S/C32H42FNO6/c1-9-32(6,7)31(38)40-18-26-28(21-10-12-22(33)13-11-21)25(29(19(2)3)34-30(26)20(4)5)15-14-23(35)16-24(36)17-27(37)39-8/h10-15,19-20,23,35H,9,16-18H2,1-8H3/b15-14+. The number of ether oxygens (including phenoxy) is 2. The van der Waals surface area contributed by atoms with Crippen LogP contribution in [0.5, 0.6) is 0 Å². The van der Waals surface area contributed by atoms with Crippen LogP contribution < -0.4 is 0 Å². The molecule has 0 spiro atoms. The van der Waals surface area contributed by atoms with Crippen molar-refractivity contribution >= 4 is 23.8 Å². The van der Waals surface area contributed by atoms with E-state index in [0.717, 1.165) is 11.4 Å². The molecule has 1 atom stereocenters. The third-order valence-corrected chi connectivity index (χ3v) is 6.90. The molecule has 0 aliphatic rings. The van der Waals surface area contributed by atoms with Crippen LogP contribution in [0.1, 0.15) is 102 Å². The number of halogens is 1. The summed E-state index contributed by atoms with van der Waals surface area (Å²) in [5.74, 6) is -1.87. The summed E-state index contributed by atoms with van der Waals surface area (Å²) in [4.78, 5) is 41.5. The number of Topliss-reactive ketones (excluding diaryl/α,β-unsaturated/α-hetero) is 1. The van der Waals surface area contributed by atoms with Gasteiger partial charge in [-0.05, 0) is 55.4 Å². The number of ketones is 1. The van der Waals surface area contributed by atoms with Gasteiger partial charge >= 0.3 is 11.9 Å². The molecule has 0 bridgehead atoms. The van der Waals surface area contributed by atoms with Crippen LogP contribution >= 0.6 is 0 Å². The second-order valence-electron chi connectivity index (χ2n) is 11.2. The van der Waals surface area contributed by atoms with Gasteiger partial charge in [-0.25, -0.2) is 4.39 Å². The fourth-order valence-electron chi connectivity index (χ4n) is 4.15. The molecule has 8 heteroatoms. The number of aliphatic hydroxyl groups is 1. The molecule has 0 aliphatic carbocycles. The Labute approximate surface area is 236 Å². The molecule has 1 aromatic carbocycles. The average Bonchev–Trinajstić information content (AvgIpc) is 2.89. The summed E-state index contributed by atoms with van der Waals surface area (Å²) < 4.78 is 24.3. The fourth-order valence-corrected chi connectivity index (χ4v) is 4.15. The number of nitrogens with zero attached hydrogens (tertiary/aromatic N) is 1. The van der Waals surface area contributed by atoms with E-state index in [4.69, 9.17) is 9.72 Å². The van der Waals surface area contributed by atoms with Gasteiger partial charge in [0.2, 0.25) is 0 Å². The number of methoxy groups -OCH3 is 1. The van der Waals surface area contributed by atoms with Crippen LogP contribution in [0.25, 0.3) is 17.2 Å². The molecule has 0 amide bonds. The highest BCUT2D eigenvalue weighted by Gasteiger charge is 2.29. The number of aromatic nitrogens is 1. The monoisotopic (exact) mass is 555 g/mol. The first kappa shape index (κ1) is 32.8. The van der Waals surface area contributed by atoms with Crippen molar-refractivity contribution in [2.45, 2.75) is 92.3 Å². The zero-order valence-electron chi connectivity index (χ0n) is 24.8. The maximum absolute atomic E-state index is 13.9. The lowest BCUT2D eigenvalue weighted by molar-refractivity contribution is -0.155. The Bertz CT molecular complexity index is 1230. The van der Waals surface area contributed by atoms with Crippen molar-refractivity contribution in [1.29, 1.82) is 0 Å². The van der Waals surface area contributed by atoms with Gasteiger partial charge in [-0.15, -0.1) is 0 Å². The molecule has 7 nitrogen and oxygen atoms in total. The summed E-state index contributed by atoms with van der Waals surface area (Å²) >= 11 is 0. The van der Waals surface area contributed by atoms with Gasteiger partial charge in [0.05, 0.1) is 30.0 Å². The van der Waals surface area contributed by atoms with E-state index >= 15 is 0 Å². The molecule has 1 aromatic heterocycles. The highest BCUT2D eigenvalue weighted by molar-refractivity contribution is 5.95. The van der Waals surface area contributed by atoms with Crippen LogP contribution in [0.2, 0.25) is 0 Å². The quantitative estimate of drug-likeness (QED) is 0.222. The van der Waals surface area contributed by atoms with Crippen molar-refractivity contribution in [3.05, 3.63) is 58.7 Å². The molecular formula is C32H42FNO6. The molecule has 0 saturated carbocycles. The molecule has 218 valence electrons. The van der Waals surface area contributed by atoms with E-state index in [1.54, 1.807) is 18.2 Å². The van der Waals surface area contributed by atoms with Crippen LogP contribution in [-0.4, -0.2) is 41.0 Å². The van der Waals surface area contributed by atoms with Crippen molar-refractivity contribution in [1.82, 2.24) is 4.98 Å². The van der Waals surface area contributed by atoms with Gasteiger partial charge in [-0.2, -0.15) is 0 Å². The Hall–Kier alpha value is -3.39. The number of carbonyl (C=O) groups is 3. The number of rotatable bonds is 13. The van der Waals surface area contributed by atoms with Crippen LogP contribution in [0.15, 0.2) is 30.3 Å². The predicted octanol–water partition coefficient (Wildman–Crippen LogP) is 6.51. The van der Waals surface area contributed by atoms with E-state index in [-0.39, 0.29) is 36.7 Å². The normalized spacial score (nSPS) is 12.7. The van der Waals surface area contributed by atoms with Gasteiger partial charge in [0, 0.05) is 17.5 Å². The molecule has 1 heterocycles. The van der Waals surface area contributed by atoms with Crippen molar-refractivity contribution in [3.8, 4) is 11.1 Å². The van der Waals surface area contributed by atoms with Gasteiger partial charge in [0.1, 0.15) is 24.6 Å². The van der Waals surface area contributed by atoms with E-state index in [1.165, 1.54) is 25.3 Å². The fraction of sp³-hybridized carbons (Fsp3) is 0.500. The third kappa shape index (κ3) is 8.55. The lowest BCUT2D eigenvalue weighted by Gasteiger charge is -2.25. The van der Waals surface area contributed by atoms with Gasteiger partial charge in [0.15, 0.2) is 0 Å². The second-order valence-corrected chi connectivity index (χ2v) is 11.2. The number of aliphatic hydroxyl groups excluding tert-OH is 1. The second kappa shape index (κ2) is 14.3. The number of carbonyl (C=O) groups excluding carboxylic acids is 3. The molecule has 0 aliphatic heterocycles. The zero-order chi connectivity index (χ0) is 30.2. The highest BCUT2D eigenvalue weighted by Crippen LogP contribution is 2.38. The largest absolute Gasteiger partial charge is 0.469 e. The molecule has 0 radical (unpaired) electrons.